The van der Waals surface area contributed by atoms with Crippen LogP contribution in [0.5, 0.6) is 0 Å². The number of hydrogen-bond acceptors (Lipinski definition) is 3. The number of amides is 1. The number of nitrogens with one attached hydrogen (secondary N) is 1. The van der Waals surface area contributed by atoms with Crippen molar-refractivity contribution < 1.29 is 22.0 Å². The van der Waals surface area contributed by atoms with Gasteiger partial charge in [0.15, 0.2) is 0 Å². The molecule has 112 valence electrons. The Kier molecular flexibility index (Phi) is 5.64. The summed E-state index contributed by atoms with van der Waals surface area (Å²) in [5, 5.41) is 2.56. The molecule has 0 bridgehead atoms. The van der Waals surface area contributed by atoms with Crippen LogP contribution >= 0.6 is 15.9 Å². The van der Waals surface area contributed by atoms with Crippen molar-refractivity contribution in [3.05, 3.63) is 24.3 Å². The molecule has 8 heteroatoms. The predicted octanol–water partition coefficient (Wildman–Crippen LogP) is 3.04. The van der Waals surface area contributed by atoms with Crippen molar-refractivity contribution in [3.8, 4) is 0 Å². The molecule has 0 radical (unpaired) electrons. The van der Waals surface area contributed by atoms with Crippen LogP contribution in [-0.2, 0) is 14.6 Å². The zero-order valence-electron chi connectivity index (χ0n) is 10.8. The van der Waals surface area contributed by atoms with Gasteiger partial charge in [-0.25, -0.2) is 8.42 Å². The largest absolute Gasteiger partial charge is 0.341 e. The lowest BCUT2D eigenvalue weighted by molar-refractivity contribution is -0.116. The minimum atomic E-state index is -4.61. The molecule has 0 aliphatic carbocycles. The number of carbonyl (C=O) groups excluding carboxylic acids is 1. The van der Waals surface area contributed by atoms with Gasteiger partial charge in [0.1, 0.15) is 0 Å². The fraction of sp³-hybridized carbons (Fsp3) is 0.417. The van der Waals surface area contributed by atoms with E-state index < -0.39 is 25.3 Å². The van der Waals surface area contributed by atoms with Crippen LogP contribution in [-0.4, -0.2) is 24.9 Å². The van der Waals surface area contributed by atoms with E-state index in [1.807, 2.05) is 13.8 Å². The highest BCUT2D eigenvalue weighted by atomic mass is 79.9. The monoisotopic (exact) mass is 369 g/mol. The normalized spacial score (nSPS) is 13.6. The molecule has 0 saturated heterocycles. The van der Waals surface area contributed by atoms with Gasteiger partial charge in [-0.05, 0) is 30.2 Å². The second kappa shape index (κ2) is 6.62. The molecule has 1 rings (SSSR count). The van der Waals surface area contributed by atoms with E-state index in [4.69, 9.17) is 0 Å². The van der Waals surface area contributed by atoms with E-state index in [9.17, 15) is 22.0 Å². The summed E-state index contributed by atoms with van der Waals surface area (Å²) in [5.74, 6) is -3.67. The van der Waals surface area contributed by atoms with Crippen molar-refractivity contribution in [3.63, 3.8) is 0 Å². The topological polar surface area (TPSA) is 63.2 Å². The molecule has 0 heterocycles. The lowest BCUT2D eigenvalue weighted by Crippen LogP contribution is -2.26. The van der Waals surface area contributed by atoms with Gasteiger partial charge in [-0.3, -0.25) is 4.79 Å². The molecule has 1 N–H and O–H groups in total. The molecular formula is C12H14BrF2NO3S. The number of benzene rings is 1. The molecule has 1 amide bonds. The number of anilines is 1. The first-order valence-corrected chi connectivity index (χ1v) is 8.19. The number of rotatable bonds is 5. The fourth-order valence-electron chi connectivity index (χ4n) is 1.34. The van der Waals surface area contributed by atoms with Crippen molar-refractivity contribution in [2.24, 2.45) is 5.92 Å². The van der Waals surface area contributed by atoms with Gasteiger partial charge in [-0.1, -0.05) is 29.8 Å². The third-order valence-electron chi connectivity index (χ3n) is 2.52. The Hall–Kier alpha value is -1.02. The third kappa shape index (κ3) is 3.99. The molecule has 0 saturated carbocycles. The molecule has 20 heavy (non-hydrogen) atoms. The van der Waals surface area contributed by atoms with Gasteiger partial charge < -0.3 is 5.32 Å². The maximum Gasteiger partial charge on any atom is 0.341 e. The molecule has 0 aliphatic rings. The molecule has 0 fully saturated rings. The second-order valence-corrected chi connectivity index (χ2v) is 7.37. The zero-order valence-corrected chi connectivity index (χ0v) is 13.2. The molecule has 1 aromatic carbocycles. The van der Waals surface area contributed by atoms with Gasteiger partial charge >= 0.3 is 5.76 Å². The number of hydrogen-bond donors (Lipinski definition) is 1. The summed E-state index contributed by atoms with van der Waals surface area (Å²) >= 11 is 3.22. The van der Waals surface area contributed by atoms with Gasteiger partial charge in [0.05, 0.1) is 9.72 Å². The lowest BCUT2D eigenvalue weighted by atomic mass is 10.1. The molecule has 0 aromatic heterocycles. The molecule has 1 unspecified atom stereocenters. The van der Waals surface area contributed by atoms with Crippen LogP contribution in [0.15, 0.2) is 29.2 Å². The summed E-state index contributed by atoms with van der Waals surface area (Å²) in [4.78, 5) is 10.9. The Morgan fingerprint density at radius 3 is 2.10 bits per heavy atom. The highest BCUT2D eigenvalue weighted by Gasteiger charge is 2.26. The number of sulfone groups is 1. The van der Waals surface area contributed by atoms with Crippen LogP contribution in [0.4, 0.5) is 14.5 Å². The van der Waals surface area contributed by atoms with E-state index >= 15 is 0 Å². The van der Waals surface area contributed by atoms with E-state index in [-0.39, 0.29) is 11.8 Å². The molecule has 1 aromatic rings. The minimum absolute atomic E-state index is 0.0773. The van der Waals surface area contributed by atoms with E-state index in [0.717, 1.165) is 12.1 Å². The van der Waals surface area contributed by atoms with Crippen LogP contribution in [0.25, 0.3) is 0 Å². The smallest absolute Gasteiger partial charge is 0.325 e. The van der Waals surface area contributed by atoms with Crippen molar-refractivity contribution >= 4 is 37.4 Å². The zero-order chi connectivity index (χ0) is 15.5. The summed E-state index contributed by atoms with van der Waals surface area (Å²) in [7, 11) is -4.61. The van der Waals surface area contributed by atoms with Gasteiger partial charge in [0.2, 0.25) is 15.7 Å². The maximum absolute atomic E-state index is 12.3. The Morgan fingerprint density at radius 2 is 1.70 bits per heavy atom. The van der Waals surface area contributed by atoms with Gasteiger partial charge in [0.25, 0.3) is 0 Å². The summed E-state index contributed by atoms with van der Waals surface area (Å²) in [5.41, 5.74) is 0.341. The predicted molar refractivity (Wildman–Crippen MR) is 75.8 cm³/mol. The average molecular weight is 370 g/mol. The maximum atomic E-state index is 12.3. The average Bonchev–Trinajstić information content (AvgIpc) is 2.38. The second-order valence-electron chi connectivity index (χ2n) is 4.47. The van der Waals surface area contributed by atoms with Crippen LogP contribution in [0.3, 0.4) is 0 Å². The highest BCUT2D eigenvalue weighted by Crippen LogP contribution is 2.21. The van der Waals surface area contributed by atoms with E-state index in [1.54, 1.807) is 0 Å². The van der Waals surface area contributed by atoms with E-state index in [0.29, 0.717) is 5.69 Å². The summed E-state index contributed by atoms with van der Waals surface area (Å²) in [6, 6.07) is 4.62. The highest BCUT2D eigenvalue weighted by molar-refractivity contribution is 9.10. The first-order chi connectivity index (χ1) is 9.16. The quantitative estimate of drug-likeness (QED) is 0.811. The first-order valence-electron chi connectivity index (χ1n) is 5.73. The van der Waals surface area contributed by atoms with E-state index in [2.05, 4.69) is 21.2 Å². The van der Waals surface area contributed by atoms with Crippen LogP contribution in [0, 0.1) is 5.92 Å². The number of carbonyl (C=O) groups is 1. The third-order valence-corrected chi connectivity index (χ3v) is 5.39. The molecule has 4 nitrogen and oxygen atoms in total. The van der Waals surface area contributed by atoms with Gasteiger partial charge in [-0.2, -0.15) is 8.78 Å². The summed E-state index contributed by atoms with van der Waals surface area (Å²) < 4.78 is 47.1. The number of alkyl halides is 3. The molecule has 0 spiro atoms. The van der Waals surface area contributed by atoms with Crippen molar-refractivity contribution in [1.29, 1.82) is 0 Å². The molecule has 1 atom stereocenters. The number of halogens is 3. The van der Waals surface area contributed by atoms with Gasteiger partial charge in [-0.15, -0.1) is 0 Å². The Labute approximate surface area is 124 Å². The Bertz CT molecular complexity index is 573. The SMILES string of the molecule is CC(C)C(Br)C(=O)Nc1ccc(S(=O)(=O)C(F)F)cc1. The molecular weight excluding hydrogens is 356 g/mol. The summed E-state index contributed by atoms with van der Waals surface area (Å²) in [6.45, 7) is 3.72. The van der Waals surface area contributed by atoms with E-state index in [1.165, 1.54) is 12.1 Å². The van der Waals surface area contributed by atoms with Crippen molar-refractivity contribution in [2.45, 2.75) is 29.3 Å². The minimum Gasteiger partial charge on any atom is -0.325 e. The summed E-state index contributed by atoms with van der Waals surface area (Å²) in [6.07, 6.45) is 0. The van der Waals surface area contributed by atoms with Crippen LogP contribution in [0.2, 0.25) is 0 Å². The molecule has 0 aliphatic heterocycles. The Morgan fingerprint density at radius 1 is 1.20 bits per heavy atom. The van der Waals surface area contributed by atoms with Crippen molar-refractivity contribution in [1.82, 2.24) is 0 Å². The van der Waals surface area contributed by atoms with Crippen LogP contribution < -0.4 is 5.32 Å². The van der Waals surface area contributed by atoms with Crippen molar-refractivity contribution in [2.75, 3.05) is 5.32 Å². The fourth-order valence-corrected chi connectivity index (χ4v) is 2.18. The Balaban J connectivity index is 2.86. The van der Waals surface area contributed by atoms with Crippen LogP contribution in [0.1, 0.15) is 13.8 Å². The van der Waals surface area contributed by atoms with Gasteiger partial charge in [0, 0.05) is 5.69 Å². The first kappa shape index (κ1) is 17.0. The standard InChI is InChI=1S/C12H14BrF2NO3S/c1-7(2)10(13)11(17)16-8-3-5-9(6-4-8)20(18,19)12(14)15/h3-7,10,12H,1-2H3,(H,16,17). The lowest BCUT2D eigenvalue weighted by Gasteiger charge is -2.14.